The fraction of sp³-hybridized carbons (Fsp3) is 0. The Morgan fingerprint density at radius 3 is 2.69 bits per heavy atom. The van der Waals surface area contributed by atoms with Crippen molar-refractivity contribution in [2.24, 2.45) is 0 Å². The van der Waals surface area contributed by atoms with Gasteiger partial charge in [-0.2, -0.15) is 0 Å². The third-order valence-electron chi connectivity index (χ3n) is 1.81. The first kappa shape index (κ1) is 8.42. The molecule has 0 bridgehead atoms. The number of hydrogen-bond donors (Lipinski definition) is 0. The summed E-state index contributed by atoms with van der Waals surface area (Å²) in [6, 6.07) is 11.3. The van der Waals surface area contributed by atoms with E-state index in [4.69, 9.17) is 0 Å². The molecular formula is C10H6NOSe. The predicted molar refractivity (Wildman–Crippen MR) is 51.8 cm³/mol. The van der Waals surface area contributed by atoms with Crippen LogP contribution in [-0.2, 0) is 0 Å². The van der Waals surface area contributed by atoms with Crippen molar-refractivity contribution in [3.05, 3.63) is 42.1 Å². The SMILES string of the molecule is O=C([Se])c1ccc2ccccc2n1. The molecule has 0 aliphatic heterocycles. The van der Waals surface area contributed by atoms with Crippen LogP contribution in [0.2, 0.25) is 0 Å². The summed E-state index contributed by atoms with van der Waals surface area (Å²) >= 11 is 2.42. The first-order valence-electron chi connectivity index (χ1n) is 3.84. The van der Waals surface area contributed by atoms with Crippen LogP contribution >= 0.6 is 0 Å². The summed E-state index contributed by atoms with van der Waals surface area (Å²) in [6.45, 7) is 0. The summed E-state index contributed by atoms with van der Waals surface area (Å²) in [5.41, 5.74) is 1.32. The van der Waals surface area contributed by atoms with Gasteiger partial charge in [0.05, 0.1) is 0 Å². The summed E-state index contributed by atoms with van der Waals surface area (Å²) in [5.74, 6) is 0. The van der Waals surface area contributed by atoms with Crippen LogP contribution in [0.1, 0.15) is 10.5 Å². The second-order valence-electron chi connectivity index (χ2n) is 2.68. The van der Waals surface area contributed by atoms with Crippen molar-refractivity contribution < 1.29 is 4.79 Å². The molecule has 2 nitrogen and oxygen atoms in total. The number of aromatic nitrogens is 1. The topological polar surface area (TPSA) is 30.0 Å². The first-order valence-corrected chi connectivity index (χ1v) is 4.70. The monoisotopic (exact) mass is 236 g/mol. The van der Waals surface area contributed by atoms with Crippen molar-refractivity contribution in [3.8, 4) is 0 Å². The van der Waals surface area contributed by atoms with Gasteiger partial charge in [0, 0.05) is 0 Å². The van der Waals surface area contributed by atoms with Crippen LogP contribution in [-0.4, -0.2) is 25.7 Å². The first-order chi connectivity index (χ1) is 6.27. The van der Waals surface area contributed by atoms with Gasteiger partial charge in [0.25, 0.3) is 0 Å². The van der Waals surface area contributed by atoms with Gasteiger partial charge in [0.15, 0.2) is 0 Å². The Balaban J connectivity index is 2.69. The van der Waals surface area contributed by atoms with Crippen LogP contribution in [0.4, 0.5) is 0 Å². The van der Waals surface area contributed by atoms with Gasteiger partial charge < -0.3 is 0 Å². The number of fused-ring (bicyclic) bond motifs is 1. The van der Waals surface area contributed by atoms with Crippen molar-refractivity contribution in [3.63, 3.8) is 0 Å². The maximum atomic E-state index is 11.0. The molecule has 0 spiro atoms. The van der Waals surface area contributed by atoms with Crippen molar-refractivity contribution in [1.29, 1.82) is 0 Å². The second kappa shape index (κ2) is 3.29. The molecule has 1 heterocycles. The average Bonchev–Trinajstić information content (AvgIpc) is 2.17. The Bertz CT molecular complexity index is 467. The third-order valence-corrected chi connectivity index (χ3v) is 2.25. The number of benzene rings is 1. The molecule has 0 saturated carbocycles. The number of rotatable bonds is 1. The summed E-state index contributed by atoms with van der Waals surface area (Å²) < 4.78 is -0.120. The van der Waals surface area contributed by atoms with Crippen LogP contribution in [0.15, 0.2) is 36.4 Å². The zero-order valence-corrected chi connectivity index (χ0v) is 8.44. The summed E-state index contributed by atoms with van der Waals surface area (Å²) in [5, 5.41) is 1.05. The quantitative estimate of drug-likeness (QED) is 0.702. The number of carbonyl (C=O) groups excluding carboxylic acids is 1. The molecule has 13 heavy (non-hydrogen) atoms. The predicted octanol–water partition coefficient (Wildman–Crippen LogP) is 1.54. The van der Waals surface area contributed by atoms with E-state index in [1.807, 2.05) is 30.3 Å². The van der Waals surface area contributed by atoms with Gasteiger partial charge in [0.1, 0.15) is 0 Å². The molecular weight excluding hydrogens is 229 g/mol. The van der Waals surface area contributed by atoms with E-state index in [0.29, 0.717) is 5.69 Å². The van der Waals surface area contributed by atoms with Gasteiger partial charge in [-0.05, 0) is 0 Å². The number of nitrogens with zero attached hydrogens (tertiary/aromatic N) is 1. The number of hydrogen-bond acceptors (Lipinski definition) is 2. The van der Waals surface area contributed by atoms with Crippen molar-refractivity contribution in [2.75, 3.05) is 0 Å². The molecule has 1 aromatic carbocycles. The molecule has 0 amide bonds. The number of para-hydroxylation sites is 1. The molecule has 0 unspecified atom stereocenters. The van der Waals surface area contributed by atoms with E-state index in [9.17, 15) is 4.79 Å². The van der Waals surface area contributed by atoms with E-state index in [2.05, 4.69) is 21.0 Å². The summed E-state index contributed by atoms with van der Waals surface area (Å²) in [7, 11) is 0. The number of carbonyl (C=O) groups is 1. The van der Waals surface area contributed by atoms with E-state index < -0.39 is 0 Å². The second-order valence-corrected chi connectivity index (χ2v) is 3.45. The molecule has 2 aromatic rings. The zero-order chi connectivity index (χ0) is 9.26. The maximum absolute atomic E-state index is 11.0. The fourth-order valence-corrected chi connectivity index (χ4v) is 1.42. The molecule has 0 aliphatic carbocycles. The van der Waals surface area contributed by atoms with Crippen molar-refractivity contribution in [1.82, 2.24) is 4.98 Å². The molecule has 0 N–H and O–H groups in total. The summed E-state index contributed by atoms with van der Waals surface area (Å²) in [6.07, 6.45) is 0. The van der Waals surface area contributed by atoms with Gasteiger partial charge in [-0.15, -0.1) is 0 Å². The molecule has 0 fully saturated rings. The molecule has 0 saturated heterocycles. The third kappa shape index (κ3) is 1.62. The van der Waals surface area contributed by atoms with Gasteiger partial charge >= 0.3 is 83.5 Å². The van der Waals surface area contributed by atoms with E-state index in [1.54, 1.807) is 6.07 Å². The molecule has 0 aliphatic rings. The average molecular weight is 235 g/mol. The molecule has 3 heteroatoms. The minimum absolute atomic E-state index is 0.120. The normalized spacial score (nSPS) is 10.2. The molecule has 0 atom stereocenters. The molecule has 1 radical (unpaired) electrons. The van der Waals surface area contributed by atoms with Gasteiger partial charge in [-0.3, -0.25) is 0 Å². The molecule has 2 rings (SSSR count). The standard InChI is InChI=1S/C10H6NOSe/c12-10(13)9-6-5-7-3-1-2-4-8(7)11-9/h1-6H. The van der Waals surface area contributed by atoms with Gasteiger partial charge in [0.2, 0.25) is 0 Å². The van der Waals surface area contributed by atoms with Gasteiger partial charge in [-0.1, -0.05) is 0 Å². The Hall–Kier alpha value is -1.18. The number of pyridine rings is 1. The summed E-state index contributed by atoms with van der Waals surface area (Å²) in [4.78, 5) is 15.2. The van der Waals surface area contributed by atoms with E-state index in [0.717, 1.165) is 10.9 Å². The van der Waals surface area contributed by atoms with Crippen LogP contribution in [0, 0.1) is 0 Å². The zero-order valence-electron chi connectivity index (χ0n) is 6.73. The van der Waals surface area contributed by atoms with Crippen LogP contribution in [0.25, 0.3) is 10.9 Å². The van der Waals surface area contributed by atoms with E-state index in [1.165, 1.54) is 0 Å². The molecule has 1 aromatic heterocycles. The van der Waals surface area contributed by atoms with Crippen LogP contribution in [0.5, 0.6) is 0 Å². The van der Waals surface area contributed by atoms with Crippen LogP contribution in [0.3, 0.4) is 0 Å². The fourth-order valence-electron chi connectivity index (χ4n) is 1.18. The van der Waals surface area contributed by atoms with Crippen LogP contribution < -0.4 is 0 Å². The van der Waals surface area contributed by atoms with E-state index in [-0.39, 0.29) is 4.68 Å². The Kier molecular flexibility index (Phi) is 2.13. The molecule has 63 valence electrons. The van der Waals surface area contributed by atoms with Crippen molar-refractivity contribution in [2.45, 2.75) is 0 Å². The Morgan fingerprint density at radius 2 is 1.92 bits per heavy atom. The van der Waals surface area contributed by atoms with E-state index >= 15 is 0 Å². The Labute approximate surface area is 83.8 Å². The van der Waals surface area contributed by atoms with Gasteiger partial charge in [-0.25, -0.2) is 0 Å². The van der Waals surface area contributed by atoms with Crippen molar-refractivity contribution >= 4 is 31.6 Å². The minimum atomic E-state index is -0.120. The Morgan fingerprint density at radius 1 is 1.15 bits per heavy atom.